The van der Waals surface area contributed by atoms with Crippen LogP contribution in [-0.4, -0.2) is 28.5 Å². The number of methoxy groups -OCH3 is 1. The third kappa shape index (κ3) is 3.15. The number of thiazole rings is 1. The van der Waals surface area contributed by atoms with Crippen molar-refractivity contribution < 1.29 is 19.2 Å². The van der Waals surface area contributed by atoms with E-state index in [1.54, 1.807) is 10.6 Å². The van der Waals surface area contributed by atoms with Crippen LogP contribution in [-0.2, 0) is 20.9 Å². The average molecular weight is 429 g/mol. The number of nitrogens with zero attached hydrogens (tertiary/aromatic N) is 3. The molecule has 1 heterocycles. The largest absolute Gasteiger partial charge is 0.468 e. The van der Waals surface area contributed by atoms with Crippen LogP contribution in [0.25, 0.3) is 10.2 Å². The summed E-state index contributed by atoms with van der Waals surface area (Å²) in [6, 6.07) is 4.45. The first kappa shape index (κ1) is 19.4. The van der Waals surface area contributed by atoms with Gasteiger partial charge in [0.15, 0.2) is 4.80 Å². The Bertz CT molecular complexity index is 1100. The number of fused-ring (bicyclic) bond motifs is 1. The van der Waals surface area contributed by atoms with Crippen molar-refractivity contribution in [2.75, 3.05) is 7.11 Å². The number of non-ortho nitro benzene ring substituents is 1. The molecule has 30 heavy (non-hydrogen) atoms. The van der Waals surface area contributed by atoms with E-state index in [1.165, 1.54) is 49.8 Å². The van der Waals surface area contributed by atoms with Gasteiger partial charge >= 0.3 is 5.97 Å². The minimum atomic E-state index is -0.461. The zero-order chi connectivity index (χ0) is 21.0. The SMILES string of the molecule is COC(=O)Cn1c(=NC(=O)C23CC4CC(CC(C4)C2)C3)sc2cc([N+](=O)[O-])ccc21. The first-order chi connectivity index (χ1) is 14.4. The molecule has 0 aliphatic heterocycles. The topological polar surface area (TPSA) is 104 Å². The van der Waals surface area contributed by atoms with Crippen molar-refractivity contribution >= 4 is 39.1 Å². The van der Waals surface area contributed by atoms with Crippen LogP contribution in [0.15, 0.2) is 23.2 Å². The van der Waals surface area contributed by atoms with Gasteiger partial charge in [0.25, 0.3) is 11.6 Å². The molecule has 4 aliphatic rings. The maximum Gasteiger partial charge on any atom is 0.325 e. The molecular formula is C21H23N3O5S. The summed E-state index contributed by atoms with van der Waals surface area (Å²) in [7, 11) is 1.31. The molecule has 1 aromatic heterocycles. The lowest BCUT2D eigenvalue weighted by atomic mass is 9.49. The van der Waals surface area contributed by atoms with Crippen LogP contribution in [0.1, 0.15) is 38.5 Å². The second kappa shape index (κ2) is 7.01. The van der Waals surface area contributed by atoms with Gasteiger partial charge in [-0.25, -0.2) is 0 Å². The van der Waals surface area contributed by atoms with Gasteiger partial charge in [-0.2, -0.15) is 4.99 Å². The lowest BCUT2D eigenvalue weighted by Crippen LogP contribution is -2.50. The van der Waals surface area contributed by atoms with Crippen LogP contribution >= 0.6 is 11.3 Å². The Labute approximate surface area is 176 Å². The van der Waals surface area contributed by atoms with Crippen LogP contribution in [0, 0.1) is 33.3 Å². The Morgan fingerprint density at radius 1 is 1.23 bits per heavy atom. The fourth-order valence-corrected chi connectivity index (χ4v) is 7.25. The van der Waals surface area contributed by atoms with E-state index in [2.05, 4.69) is 4.99 Å². The molecule has 4 aliphatic carbocycles. The summed E-state index contributed by atoms with van der Waals surface area (Å²) in [5.74, 6) is 1.32. The standard InChI is InChI=1S/C21H23N3O5S/c1-29-18(25)11-23-16-3-2-15(24(27)28)7-17(16)30-20(23)22-19(26)21-8-12-4-13(9-21)6-14(5-12)10-21/h2-3,7,12-14H,4-6,8-11H2,1H3. The second-order valence-corrected chi connectivity index (χ2v) is 10.1. The van der Waals surface area contributed by atoms with Gasteiger partial charge in [-0.05, 0) is 62.3 Å². The lowest BCUT2D eigenvalue weighted by molar-refractivity contribution is -0.384. The van der Waals surface area contributed by atoms with E-state index in [1.807, 2.05) is 0 Å². The Morgan fingerprint density at radius 3 is 2.43 bits per heavy atom. The van der Waals surface area contributed by atoms with E-state index in [9.17, 15) is 19.7 Å². The van der Waals surface area contributed by atoms with Crippen LogP contribution in [0.2, 0.25) is 0 Å². The zero-order valence-electron chi connectivity index (χ0n) is 16.7. The number of amides is 1. The molecular weight excluding hydrogens is 406 g/mol. The molecule has 8 nitrogen and oxygen atoms in total. The molecule has 0 saturated heterocycles. The first-order valence-electron chi connectivity index (χ1n) is 10.3. The molecule has 1 amide bonds. The van der Waals surface area contributed by atoms with E-state index in [0.717, 1.165) is 19.3 Å². The molecule has 2 aromatic rings. The predicted molar refractivity (Wildman–Crippen MR) is 110 cm³/mol. The number of benzene rings is 1. The summed E-state index contributed by atoms with van der Waals surface area (Å²) in [6.45, 7) is -0.0959. The average Bonchev–Trinajstić information content (AvgIpc) is 3.03. The summed E-state index contributed by atoms with van der Waals surface area (Å²) in [4.78, 5) is 41.0. The Hall–Kier alpha value is -2.55. The number of aromatic nitrogens is 1. The molecule has 4 bridgehead atoms. The Balaban J connectivity index is 1.59. The number of hydrogen-bond donors (Lipinski definition) is 0. The fourth-order valence-electron chi connectivity index (χ4n) is 6.19. The van der Waals surface area contributed by atoms with Gasteiger partial charge in [0, 0.05) is 12.1 Å². The highest BCUT2D eigenvalue weighted by atomic mass is 32.1. The normalized spacial score (nSPS) is 30.0. The molecule has 4 fully saturated rings. The zero-order valence-corrected chi connectivity index (χ0v) is 17.5. The molecule has 0 radical (unpaired) electrons. The predicted octanol–water partition coefficient (Wildman–Crippen LogP) is 3.43. The molecule has 9 heteroatoms. The minimum Gasteiger partial charge on any atom is -0.468 e. The molecule has 0 atom stereocenters. The maximum absolute atomic E-state index is 13.4. The van der Waals surface area contributed by atoms with Gasteiger partial charge in [0.05, 0.1) is 27.7 Å². The van der Waals surface area contributed by atoms with E-state index in [4.69, 9.17) is 4.74 Å². The number of carbonyl (C=O) groups excluding carboxylic acids is 2. The fraction of sp³-hybridized carbons (Fsp3) is 0.571. The van der Waals surface area contributed by atoms with Crippen molar-refractivity contribution in [2.45, 2.75) is 45.1 Å². The molecule has 0 unspecified atom stereocenters. The quantitative estimate of drug-likeness (QED) is 0.421. The Kier molecular flexibility index (Phi) is 4.53. The number of carbonyl (C=O) groups is 2. The number of hydrogen-bond acceptors (Lipinski definition) is 6. The number of rotatable bonds is 4. The third-order valence-electron chi connectivity index (χ3n) is 7.08. The highest BCUT2D eigenvalue weighted by Crippen LogP contribution is 2.60. The van der Waals surface area contributed by atoms with Crippen molar-refractivity contribution in [3.63, 3.8) is 0 Å². The van der Waals surface area contributed by atoms with Crippen molar-refractivity contribution in [3.05, 3.63) is 33.1 Å². The molecule has 6 rings (SSSR count). The highest BCUT2D eigenvalue weighted by molar-refractivity contribution is 7.16. The van der Waals surface area contributed by atoms with E-state index >= 15 is 0 Å². The van der Waals surface area contributed by atoms with Gasteiger partial charge in [0.2, 0.25) is 0 Å². The van der Waals surface area contributed by atoms with Gasteiger partial charge in [-0.15, -0.1) is 0 Å². The molecule has 1 aromatic carbocycles. The van der Waals surface area contributed by atoms with Gasteiger partial charge in [0.1, 0.15) is 6.54 Å². The highest BCUT2D eigenvalue weighted by Gasteiger charge is 2.54. The number of esters is 1. The smallest absolute Gasteiger partial charge is 0.325 e. The van der Waals surface area contributed by atoms with Crippen molar-refractivity contribution in [2.24, 2.45) is 28.2 Å². The van der Waals surface area contributed by atoms with Gasteiger partial charge in [-0.1, -0.05) is 11.3 Å². The number of nitro groups is 1. The third-order valence-corrected chi connectivity index (χ3v) is 8.12. The summed E-state index contributed by atoms with van der Waals surface area (Å²) < 4.78 is 7.05. The van der Waals surface area contributed by atoms with Gasteiger partial charge < -0.3 is 9.30 Å². The Morgan fingerprint density at radius 2 is 1.87 bits per heavy atom. The van der Waals surface area contributed by atoms with Crippen molar-refractivity contribution in [1.29, 1.82) is 0 Å². The van der Waals surface area contributed by atoms with Crippen LogP contribution in [0.4, 0.5) is 5.69 Å². The van der Waals surface area contributed by atoms with E-state index in [0.29, 0.717) is 32.8 Å². The molecule has 4 saturated carbocycles. The van der Waals surface area contributed by atoms with Gasteiger partial charge in [-0.3, -0.25) is 19.7 Å². The second-order valence-electron chi connectivity index (χ2n) is 9.07. The molecule has 0 spiro atoms. The van der Waals surface area contributed by atoms with Crippen LogP contribution in [0.5, 0.6) is 0 Å². The molecule has 0 N–H and O–H groups in total. The maximum atomic E-state index is 13.4. The monoisotopic (exact) mass is 429 g/mol. The van der Waals surface area contributed by atoms with Crippen molar-refractivity contribution in [3.8, 4) is 0 Å². The summed E-state index contributed by atoms with van der Waals surface area (Å²) in [5.41, 5.74) is 0.223. The molecule has 158 valence electrons. The van der Waals surface area contributed by atoms with E-state index < -0.39 is 10.9 Å². The van der Waals surface area contributed by atoms with Crippen molar-refractivity contribution in [1.82, 2.24) is 4.57 Å². The number of nitro benzene ring substituents is 1. The summed E-state index contributed by atoms with van der Waals surface area (Å²) in [6.07, 6.45) is 6.45. The van der Waals surface area contributed by atoms with Crippen LogP contribution < -0.4 is 4.80 Å². The number of ether oxygens (including phenoxy) is 1. The first-order valence-corrected chi connectivity index (χ1v) is 11.1. The summed E-state index contributed by atoms with van der Waals surface area (Å²) in [5, 5.41) is 11.1. The lowest BCUT2D eigenvalue weighted by Gasteiger charge is -2.55. The minimum absolute atomic E-state index is 0.0343. The van der Waals surface area contributed by atoms with E-state index in [-0.39, 0.29) is 23.6 Å². The summed E-state index contributed by atoms with van der Waals surface area (Å²) >= 11 is 1.20. The van der Waals surface area contributed by atoms with Crippen LogP contribution in [0.3, 0.4) is 0 Å².